The second-order valence-corrected chi connectivity index (χ2v) is 3.58. The fourth-order valence-corrected chi connectivity index (χ4v) is 1.73. The minimum Gasteiger partial charge on any atom is -0.504 e. The summed E-state index contributed by atoms with van der Waals surface area (Å²) in [5.41, 5.74) is 2.31. The first-order valence-corrected chi connectivity index (χ1v) is 4.65. The molecule has 0 unspecified atom stereocenters. The first-order chi connectivity index (χ1) is 6.70. The number of benzene rings is 1. The standard InChI is InChI=1S/C11H13NO2/c1-12-4-3-8-5-10(13)11(14-2)6-9(8)7-12/h5-7H,3-4H2,1-2H3/p+1. The number of likely N-dealkylation sites (N-methyl/N-ethyl adjacent to an activating group) is 1. The topological polar surface area (TPSA) is 32.5 Å². The SMILES string of the molecule is COc1cc2c(cc1O)CC[N+](C)=C2. The van der Waals surface area contributed by atoms with Crippen molar-refractivity contribution in [2.75, 3.05) is 20.7 Å². The highest BCUT2D eigenvalue weighted by Crippen LogP contribution is 2.29. The molecule has 0 aromatic heterocycles. The molecule has 74 valence electrons. The lowest BCUT2D eigenvalue weighted by Crippen LogP contribution is -2.18. The smallest absolute Gasteiger partial charge is 0.170 e. The largest absolute Gasteiger partial charge is 0.504 e. The van der Waals surface area contributed by atoms with E-state index in [-0.39, 0.29) is 5.75 Å². The van der Waals surface area contributed by atoms with E-state index in [2.05, 4.69) is 10.8 Å². The fourth-order valence-electron chi connectivity index (χ4n) is 1.73. The van der Waals surface area contributed by atoms with Crippen LogP contribution in [0.15, 0.2) is 12.1 Å². The molecule has 0 saturated carbocycles. The van der Waals surface area contributed by atoms with Gasteiger partial charge in [0.05, 0.1) is 7.11 Å². The van der Waals surface area contributed by atoms with Crippen molar-refractivity contribution in [2.24, 2.45) is 0 Å². The molecule has 1 N–H and O–H groups in total. The number of hydrogen-bond acceptors (Lipinski definition) is 2. The molecule has 0 fully saturated rings. The molecule has 3 heteroatoms. The van der Waals surface area contributed by atoms with Gasteiger partial charge in [-0.25, -0.2) is 4.58 Å². The molecule has 1 aromatic carbocycles. The highest BCUT2D eigenvalue weighted by atomic mass is 16.5. The summed E-state index contributed by atoms with van der Waals surface area (Å²) in [7, 11) is 3.61. The van der Waals surface area contributed by atoms with Crippen molar-refractivity contribution < 1.29 is 14.4 Å². The highest BCUT2D eigenvalue weighted by Gasteiger charge is 2.15. The van der Waals surface area contributed by atoms with Crippen LogP contribution in [0.5, 0.6) is 11.5 Å². The Hall–Kier alpha value is -1.51. The third-order valence-corrected chi connectivity index (χ3v) is 2.53. The van der Waals surface area contributed by atoms with E-state index in [0.29, 0.717) is 5.75 Å². The molecule has 1 aliphatic heterocycles. The van der Waals surface area contributed by atoms with Crippen LogP contribution in [0.3, 0.4) is 0 Å². The number of methoxy groups -OCH3 is 1. The summed E-state index contributed by atoms with van der Waals surface area (Å²) in [5, 5.41) is 9.58. The predicted octanol–water partition coefficient (Wildman–Crippen LogP) is 1.02. The zero-order valence-electron chi connectivity index (χ0n) is 8.45. The molecule has 0 saturated heterocycles. The van der Waals surface area contributed by atoms with Gasteiger partial charge < -0.3 is 9.84 Å². The lowest BCUT2D eigenvalue weighted by molar-refractivity contribution is -0.493. The van der Waals surface area contributed by atoms with Gasteiger partial charge in [0.2, 0.25) is 0 Å². The second-order valence-electron chi connectivity index (χ2n) is 3.58. The van der Waals surface area contributed by atoms with Crippen LogP contribution in [0.1, 0.15) is 11.1 Å². The van der Waals surface area contributed by atoms with Crippen molar-refractivity contribution in [3.8, 4) is 11.5 Å². The summed E-state index contributed by atoms with van der Waals surface area (Å²) in [4.78, 5) is 0. The average Bonchev–Trinajstić information content (AvgIpc) is 2.17. The number of fused-ring (bicyclic) bond motifs is 1. The number of rotatable bonds is 1. The molecule has 0 aliphatic carbocycles. The first kappa shape index (κ1) is 9.06. The second kappa shape index (κ2) is 3.33. The Morgan fingerprint density at radius 1 is 1.43 bits per heavy atom. The number of aromatic hydroxyl groups is 1. The molecule has 3 nitrogen and oxygen atoms in total. The molecule has 1 aromatic rings. The summed E-state index contributed by atoms with van der Waals surface area (Å²) in [6, 6.07) is 3.66. The van der Waals surface area contributed by atoms with Crippen LogP contribution in [0.25, 0.3) is 0 Å². The van der Waals surface area contributed by atoms with Crippen LogP contribution < -0.4 is 4.74 Å². The van der Waals surface area contributed by atoms with E-state index in [1.54, 1.807) is 13.2 Å². The Labute approximate surface area is 83.3 Å². The van der Waals surface area contributed by atoms with Gasteiger partial charge >= 0.3 is 0 Å². The Balaban J connectivity index is 2.53. The zero-order chi connectivity index (χ0) is 10.1. The van der Waals surface area contributed by atoms with Crippen LogP contribution in [0.2, 0.25) is 0 Å². The molecule has 0 radical (unpaired) electrons. The van der Waals surface area contributed by atoms with E-state index in [9.17, 15) is 5.11 Å². The predicted molar refractivity (Wildman–Crippen MR) is 54.6 cm³/mol. The van der Waals surface area contributed by atoms with E-state index in [1.807, 2.05) is 13.1 Å². The summed E-state index contributed by atoms with van der Waals surface area (Å²) in [6.45, 7) is 0.999. The normalized spacial score (nSPS) is 14.6. The van der Waals surface area contributed by atoms with Gasteiger partial charge in [0.15, 0.2) is 17.7 Å². The average molecular weight is 192 g/mol. The molecule has 0 amide bonds. The minimum atomic E-state index is 0.226. The van der Waals surface area contributed by atoms with Crippen molar-refractivity contribution in [1.29, 1.82) is 0 Å². The summed E-state index contributed by atoms with van der Waals surface area (Å²) < 4.78 is 7.20. The molecular weight excluding hydrogens is 178 g/mol. The van der Waals surface area contributed by atoms with Crippen LogP contribution in [-0.4, -0.2) is 36.6 Å². The van der Waals surface area contributed by atoms with E-state index in [4.69, 9.17) is 4.74 Å². The number of phenolic OH excluding ortho intramolecular Hbond substituents is 1. The zero-order valence-corrected chi connectivity index (χ0v) is 8.45. The van der Waals surface area contributed by atoms with Crippen molar-refractivity contribution in [3.05, 3.63) is 23.3 Å². The van der Waals surface area contributed by atoms with Crippen molar-refractivity contribution >= 4 is 6.21 Å². The maximum atomic E-state index is 9.58. The third-order valence-electron chi connectivity index (χ3n) is 2.53. The van der Waals surface area contributed by atoms with Gasteiger partial charge in [-0.2, -0.15) is 0 Å². The summed E-state index contributed by atoms with van der Waals surface area (Å²) >= 11 is 0. The molecule has 2 rings (SSSR count). The Morgan fingerprint density at radius 3 is 2.93 bits per heavy atom. The molecule has 0 bridgehead atoms. The van der Waals surface area contributed by atoms with Gasteiger partial charge in [0, 0.05) is 12.0 Å². The molecule has 1 aliphatic rings. The maximum absolute atomic E-state index is 9.58. The van der Waals surface area contributed by atoms with Crippen molar-refractivity contribution in [3.63, 3.8) is 0 Å². The highest BCUT2D eigenvalue weighted by molar-refractivity contribution is 5.80. The lowest BCUT2D eigenvalue weighted by Gasteiger charge is -2.12. The van der Waals surface area contributed by atoms with E-state index in [0.717, 1.165) is 18.5 Å². The van der Waals surface area contributed by atoms with E-state index in [1.165, 1.54) is 5.56 Å². The van der Waals surface area contributed by atoms with Gasteiger partial charge in [0.25, 0.3) is 0 Å². The maximum Gasteiger partial charge on any atom is 0.170 e. The number of hydrogen-bond donors (Lipinski definition) is 1. The van der Waals surface area contributed by atoms with Gasteiger partial charge in [-0.3, -0.25) is 0 Å². The van der Waals surface area contributed by atoms with E-state index < -0.39 is 0 Å². The first-order valence-electron chi connectivity index (χ1n) is 4.65. The Bertz CT molecular complexity index is 397. The summed E-state index contributed by atoms with van der Waals surface area (Å²) in [5.74, 6) is 0.763. The lowest BCUT2D eigenvalue weighted by atomic mass is 10.0. The van der Waals surface area contributed by atoms with Crippen molar-refractivity contribution in [2.45, 2.75) is 6.42 Å². The molecule has 0 atom stereocenters. The quantitative estimate of drug-likeness (QED) is 0.674. The molecule has 0 spiro atoms. The monoisotopic (exact) mass is 192 g/mol. The Morgan fingerprint density at radius 2 is 2.21 bits per heavy atom. The van der Waals surface area contributed by atoms with Crippen LogP contribution in [-0.2, 0) is 6.42 Å². The molecule has 14 heavy (non-hydrogen) atoms. The van der Waals surface area contributed by atoms with Gasteiger partial charge in [0.1, 0.15) is 13.6 Å². The molecule has 1 heterocycles. The van der Waals surface area contributed by atoms with Crippen LogP contribution >= 0.6 is 0 Å². The van der Waals surface area contributed by atoms with Crippen LogP contribution in [0, 0.1) is 0 Å². The Kier molecular flexibility index (Phi) is 2.15. The minimum absolute atomic E-state index is 0.226. The van der Waals surface area contributed by atoms with Gasteiger partial charge in [-0.05, 0) is 17.7 Å². The van der Waals surface area contributed by atoms with Crippen LogP contribution in [0.4, 0.5) is 0 Å². The number of nitrogens with zero attached hydrogens (tertiary/aromatic N) is 1. The summed E-state index contributed by atoms with van der Waals surface area (Å²) in [6.07, 6.45) is 3.04. The van der Waals surface area contributed by atoms with Gasteiger partial charge in [-0.15, -0.1) is 0 Å². The number of ether oxygens (including phenoxy) is 1. The third kappa shape index (κ3) is 1.45. The fraction of sp³-hybridized carbons (Fsp3) is 0.364. The van der Waals surface area contributed by atoms with Crippen molar-refractivity contribution in [1.82, 2.24) is 0 Å². The molecular formula is C11H14NO2+. The number of phenols is 1. The van der Waals surface area contributed by atoms with Gasteiger partial charge in [-0.1, -0.05) is 0 Å². The van der Waals surface area contributed by atoms with E-state index >= 15 is 0 Å².